The number of furan rings is 1. The second-order valence-corrected chi connectivity index (χ2v) is 12.8. The number of fused-ring (bicyclic) bond motifs is 9. The van der Waals surface area contributed by atoms with Gasteiger partial charge in [0.1, 0.15) is 11.3 Å². The van der Waals surface area contributed by atoms with Crippen LogP contribution in [0.1, 0.15) is 52.8 Å². The van der Waals surface area contributed by atoms with Gasteiger partial charge < -0.3 is 8.98 Å². The Hall–Kier alpha value is -5.67. The Morgan fingerprint density at radius 3 is 2.41 bits per heavy atom. The van der Waals surface area contributed by atoms with Crippen molar-refractivity contribution >= 4 is 38.9 Å². The van der Waals surface area contributed by atoms with Crippen molar-refractivity contribution in [2.75, 3.05) is 0 Å². The second-order valence-electron chi connectivity index (χ2n) is 12.8. The molecular formula is C43H30N2O. The number of pyridine rings is 1. The van der Waals surface area contributed by atoms with Crippen molar-refractivity contribution < 1.29 is 4.42 Å². The predicted molar refractivity (Wildman–Crippen MR) is 188 cm³/mol. The summed E-state index contributed by atoms with van der Waals surface area (Å²) in [7, 11) is 0. The molecule has 46 heavy (non-hydrogen) atoms. The highest BCUT2D eigenvalue weighted by Gasteiger charge is 2.46. The van der Waals surface area contributed by atoms with E-state index in [-0.39, 0.29) is 0 Å². The van der Waals surface area contributed by atoms with E-state index in [0.717, 1.165) is 23.5 Å². The lowest BCUT2D eigenvalue weighted by Crippen LogP contribution is -2.28. The highest BCUT2D eigenvalue weighted by atomic mass is 16.3. The normalized spacial score (nSPS) is 18.2. The van der Waals surface area contributed by atoms with E-state index in [1.165, 1.54) is 66.1 Å². The number of para-hydroxylation sites is 1. The molecule has 0 bridgehead atoms. The summed E-state index contributed by atoms with van der Waals surface area (Å²) in [6.07, 6.45) is 9.32. The molecule has 0 N–H and O–H groups in total. The Labute approximate surface area is 267 Å². The van der Waals surface area contributed by atoms with Gasteiger partial charge in [-0.05, 0) is 88.2 Å². The number of hydrogen-bond donors (Lipinski definition) is 0. The first-order valence-electron chi connectivity index (χ1n) is 16.1. The average Bonchev–Trinajstić information content (AvgIpc) is 3.74. The molecule has 0 aliphatic heterocycles. The van der Waals surface area contributed by atoms with E-state index < -0.39 is 5.41 Å². The largest absolute Gasteiger partial charge is 0.456 e. The van der Waals surface area contributed by atoms with Crippen molar-refractivity contribution in [1.29, 1.82) is 0 Å². The number of allylic oxidation sites excluding steroid dienone is 1. The number of benzene rings is 5. The van der Waals surface area contributed by atoms with Crippen LogP contribution in [0, 0.1) is 0 Å². The summed E-state index contributed by atoms with van der Waals surface area (Å²) in [6.45, 7) is 2.29. The van der Waals surface area contributed by atoms with Crippen LogP contribution in [-0.2, 0) is 5.41 Å². The Balaban J connectivity index is 1.31. The molecule has 0 spiro atoms. The third-order valence-electron chi connectivity index (χ3n) is 10.4. The molecule has 10 rings (SSSR count). The van der Waals surface area contributed by atoms with Gasteiger partial charge in [0, 0.05) is 45.9 Å². The van der Waals surface area contributed by atoms with Crippen molar-refractivity contribution in [3.05, 3.63) is 173 Å². The quantitative estimate of drug-likeness (QED) is 0.205. The van der Waals surface area contributed by atoms with Crippen LogP contribution in [0.3, 0.4) is 0 Å². The summed E-state index contributed by atoms with van der Waals surface area (Å²) >= 11 is 0. The van der Waals surface area contributed by atoms with Gasteiger partial charge in [-0.15, -0.1) is 0 Å². The van der Waals surface area contributed by atoms with Crippen LogP contribution in [0.2, 0.25) is 0 Å². The highest BCUT2D eigenvalue weighted by Crippen LogP contribution is 2.57. The summed E-state index contributed by atoms with van der Waals surface area (Å²) < 4.78 is 8.88. The molecule has 8 aromatic rings. The van der Waals surface area contributed by atoms with E-state index >= 15 is 0 Å². The zero-order chi connectivity index (χ0) is 30.4. The number of aromatic nitrogens is 2. The monoisotopic (exact) mass is 590 g/mol. The lowest BCUT2D eigenvalue weighted by molar-refractivity contribution is 0.586. The van der Waals surface area contributed by atoms with Crippen LogP contribution >= 0.6 is 0 Å². The number of hydrogen-bond acceptors (Lipinski definition) is 2. The van der Waals surface area contributed by atoms with Crippen LogP contribution < -0.4 is 0 Å². The topological polar surface area (TPSA) is 31.0 Å². The predicted octanol–water partition coefficient (Wildman–Crippen LogP) is 10.8. The first-order chi connectivity index (χ1) is 22.7. The summed E-state index contributed by atoms with van der Waals surface area (Å²) in [5.41, 5.74) is 12.8. The van der Waals surface area contributed by atoms with E-state index in [1.807, 2.05) is 12.4 Å². The van der Waals surface area contributed by atoms with E-state index in [2.05, 4.69) is 150 Å². The number of rotatable bonds is 3. The molecule has 0 radical (unpaired) electrons. The van der Waals surface area contributed by atoms with Crippen molar-refractivity contribution in [2.45, 2.75) is 24.7 Å². The zero-order valence-corrected chi connectivity index (χ0v) is 25.4. The second kappa shape index (κ2) is 9.42. The van der Waals surface area contributed by atoms with Crippen molar-refractivity contribution in [2.24, 2.45) is 0 Å². The molecule has 218 valence electrons. The molecule has 0 amide bonds. The molecule has 3 nitrogen and oxygen atoms in total. The summed E-state index contributed by atoms with van der Waals surface area (Å²) in [5.74, 6) is 1.45. The SMILES string of the molecule is CC1CC=Cc2oc3cc(-n4c5ccccc5c5cc6c(cc54)-c4ccccc4C6(c4ccccc4)c4cccnc4)ccc3c21. The lowest BCUT2D eigenvalue weighted by Gasteiger charge is -2.33. The van der Waals surface area contributed by atoms with E-state index in [9.17, 15) is 0 Å². The first-order valence-corrected chi connectivity index (χ1v) is 16.1. The molecule has 0 saturated carbocycles. The highest BCUT2D eigenvalue weighted by molar-refractivity contribution is 6.12. The van der Waals surface area contributed by atoms with Crippen molar-refractivity contribution in [3.8, 4) is 16.8 Å². The maximum absolute atomic E-state index is 6.46. The fraction of sp³-hybridized carbons (Fsp3) is 0.0930. The number of nitrogens with zero attached hydrogens (tertiary/aromatic N) is 2. The zero-order valence-electron chi connectivity index (χ0n) is 25.4. The fourth-order valence-corrected chi connectivity index (χ4v) is 8.47. The standard InChI is InChI=1S/C43H30N2O/c1-27-11-9-19-40-42(27)33-21-20-30(23-41(33)46-40)45-38-18-8-6-16-32(38)35-24-37-34(25-39(35)45)31-15-5-7-17-36(31)43(37,28-12-3-2-4-13-28)29-14-10-22-44-26-29/h2-10,12-27H,11H2,1H3. The molecule has 2 aliphatic rings. The van der Waals surface area contributed by atoms with E-state index in [0.29, 0.717) is 5.92 Å². The van der Waals surface area contributed by atoms with Gasteiger partial charge in [0.15, 0.2) is 0 Å². The van der Waals surface area contributed by atoms with Crippen LogP contribution in [-0.4, -0.2) is 9.55 Å². The Bertz CT molecular complexity index is 2480. The minimum atomic E-state index is -0.491. The molecule has 0 fully saturated rings. The van der Waals surface area contributed by atoms with Crippen LogP contribution in [0.15, 0.2) is 144 Å². The lowest BCUT2D eigenvalue weighted by atomic mass is 9.68. The van der Waals surface area contributed by atoms with Gasteiger partial charge in [0.2, 0.25) is 0 Å². The molecule has 3 heteroatoms. The van der Waals surface area contributed by atoms with Gasteiger partial charge >= 0.3 is 0 Å². The Morgan fingerprint density at radius 2 is 1.52 bits per heavy atom. The maximum Gasteiger partial charge on any atom is 0.137 e. The maximum atomic E-state index is 6.46. The van der Waals surface area contributed by atoms with Crippen LogP contribution in [0.4, 0.5) is 0 Å². The molecule has 3 heterocycles. The Kier molecular flexibility index (Phi) is 5.25. The Morgan fingerprint density at radius 1 is 0.696 bits per heavy atom. The summed E-state index contributed by atoms with van der Waals surface area (Å²) in [4.78, 5) is 4.64. The van der Waals surface area contributed by atoms with Gasteiger partial charge in [-0.25, -0.2) is 0 Å². The third kappa shape index (κ3) is 3.29. The molecule has 0 saturated heterocycles. The van der Waals surface area contributed by atoms with Gasteiger partial charge in [-0.1, -0.05) is 91.9 Å². The summed E-state index contributed by atoms with van der Waals surface area (Å²) in [6, 6.07) is 44.5. The van der Waals surface area contributed by atoms with E-state index in [4.69, 9.17) is 4.42 Å². The minimum absolute atomic E-state index is 0.452. The van der Waals surface area contributed by atoms with Gasteiger partial charge in [0.25, 0.3) is 0 Å². The third-order valence-corrected chi connectivity index (χ3v) is 10.4. The van der Waals surface area contributed by atoms with Gasteiger partial charge in [-0.3, -0.25) is 4.98 Å². The molecular weight excluding hydrogens is 560 g/mol. The minimum Gasteiger partial charge on any atom is -0.456 e. The van der Waals surface area contributed by atoms with Crippen LogP contribution in [0.25, 0.3) is 55.7 Å². The molecule has 3 aromatic heterocycles. The van der Waals surface area contributed by atoms with Crippen molar-refractivity contribution in [3.63, 3.8) is 0 Å². The molecule has 5 aromatic carbocycles. The average molecular weight is 591 g/mol. The molecule has 2 aliphatic carbocycles. The smallest absolute Gasteiger partial charge is 0.137 e. The fourth-order valence-electron chi connectivity index (χ4n) is 8.47. The van der Waals surface area contributed by atoms with Gasteiger partial charge in [0.05, 0.1) is 16.4 Å². The first kappa shape index (κ1) is 25.6. The molecule has 2 atom stereocenters. The molecule has 2 unspecified atom stereocenters. The van der Waals surface area contributed by atoms with Crippen LogP contribution in [0.5, 0.6) is 0 Å². The van der Waals surface area contributed by atoms with E-state index in [1.54, 1.807) is 0 Å². The van der Waals surface area contributed by atoms with Crippen molar-refractivity contribution in [1.82, 2.24) is 9.55 Å². The van der Waals surface area contributed by atoms with Gasteiger partial charge in [-0.2, -0.15) is 0 Å². The summed E-state index contributed by atoms with van der Waals surface area (Å²) in [5, 5.41) is 3.69.